The van der Waals surface area contributed by atoms with Crippen molar-refractivity contribution in [2.75, 3.05) is 20.8 Å². The normalized spacial score (nSPS) is 23.8. The summed E-state index contributed by atoms with van der Waals surface area (Å²) in [5, 5.41) is 8.40. The van der Waals surface area contributed by atoms with Crippen LogP contribution in [0.4, 0.5) is 13.2 Å². The number of nitrogens with zero attached hydrogens (tertiary/aromatic N) is 5. The Kier molecular flexibility index (Phi) is 9.28. The van der Waals surface area contributed by atoms with E-state index in [1.54, 1.807) is 38.5 Å². The minimum atomic E-state index is -4.46. The van der Waals surface area contributed by atoms with Crippen LogP contribution in [0.1, 0.15) is 31.4 Å². The van der Waals surface area contributed by atoms with E-state index < -0.39 is 24.1 Å². The molecule has 0 amide bonds. The molecule has 13 heteroatoms. The lowest BCUT2D eigenvalue weighted by molar-refractivity contribution is -0.308. The van der Waals surface area contributed by atoms with Gasteiger partial charge in [-0.25, -0.2) is 14.6 Å². The molecule has 0 aliphatic carbocycles. The van der Waals surface area contributed by atoms with E-state index in [1.165, 1.54) is 23.3 Å². The number of ether oxygens (including phenoxy) is 4. The largest absolute Gasteiger partial charge is 0.417 e. The summed E-state index contributed by atoms with van der Waals surface area (Å²) in [5.74, 6) is 0.602. The first-order chi connectivity index (χ1) is 18.7. The summed E-state index contributed by atoms with van der Waals surface area (Å²) >= 11 is 0. The van der Waals surface area contributed by atoms with E-state index in [2.05, 4.69) is 20.2 Å². The van der Waals surface area contributed by atoms with Crippen molar-refractivity contribution in [3.63, 3.8) is 0 Å². The van der Waals surface area contributed by atoms with Crippen LogP contribution in [0, 0.1) is 0 Å². The molecular weight excluding hydrogens is 519 g/mol. The molecule has 1 aliphatic heterocycles. The van der Waals surface area contributed by atoms with Crippen LogP contribution in [0.2, 0.25) is 0 Å². The molecule has 1 aliphatic rings. The van der Waals surface area contributed by atoms with E-state index >= 15 is 0 Å². The van der Waals surface area contributed by atoms with Gasteiger partial charge in [-0.1, -0.05) is 36.3 Å². The summed E-state index contributed by atoms with van der Waals surface area (Å²) in [6, 6.07) is 9.35. The molecule has 0 N–H and O–H groups in total. The Hall–Kier alpha value is -3.39. The lowest BCUT2D eigenvalue weighted by Crippen LogP contribution is -2.59. The van der Waals surface area contributed by atoms with Crippen molar-refractivity contribution in [1.29, 1.82) is 0 Å². The lowest BCUT2D eigenvalue weighted by Gasteiger charge is -2.42. The van der Waals surface area contributed by atoms with Gasteiger partial charge in [0.2, 0.25) is 0 Å². The monoisotopic (exact) mass is 549 g/mol. The fraction of sp³-hybridized carbons (Fsp3) is 0.462. The Morgan fingerprint density at radius 2 is 1.77 bits per heavy atom. The molecule has 0 saturated carbocycles. The maximum absolute atomic E-state index is 12.8. The number of hydrogen-bond donors (Lipinski definition) is 0. The molecular formula is C26H30F3N5O5. The molecule has 0 bridgehead atoms. The molecule has 0 spiro atoms. The fourth-order valence-electron chi connectivity index (χ4n) is 4.14. The van der Waals surface area contributed by atoms with Crippen molar-refractivity contribution in [3.05, 3.63) is 60.0 Å². The molecule has 210 valence electrons. The van der Waals surface area contributed by atoms with E-state index in [4.69, 9.17) is 23.8 Å². The third kappa shape index (κ3) is 6.79. The van der Waals surface area contributed by atoms with Gasteiger partial charge in [-0.3, -0.25) is 0 Å². The smallest absolute Gasteiger partial charge is 0.376 e. The zero-order chi connectivity index (χ0) is 28.0. The molecule has 4 rings (SSSR count). The predicted molar refractivity (Wildman–Crippen MR) is 134 cm³/mol. The second kappa shape index (κ2) is 12.6. The number of aromatic nitrogens is 4. The number of benzene rings is 1. The van der Waals surface area contributed by atoms with Crippen LogP contribution in [0.3, 0.4) is 0 Å². The Bertz CT molecular complexity index is 1220. The van der Waals surface area contributed by atoms with Crippen LogP contribution in [-0.4, -0.2) is 77.5 Å². The van der Waals surface area contributed by atoms with Crippen molar-refractivity contribution in [1.82, 2.24) is 19.7 Å². The van der Waals surface area contributed by atoms with E-state index in [1.807, 2.05) is 13.8 Å². The highest BCUT2D eigenvalue weighted by Gasteiger charge is 2.47. The second-order valence-corrected chi connectivity index (χ2v) is 8.82. The predicted octanol–water partition coefficient (Wildman–Crippen LogP) is 4.27. The van der Waals surface area contributed by atoms with Crippen molar-refractivity contribution in [2.24, 2.45) is 5.16 Å². The number of rotatable bonds is 10. The van der Waals surface area contributed by atoms with Gasteiger partial charge in [-0.2, -0.15) is 13.2 Å². The molecule has 10 nitrogen and oxygen atoms in total. The molecule has 3 aromatic rings. The van der Waals surface area contributed by atoms with Gasteiger partial charge in [0, 0.05) is 32.6 Å². The fourth-order valence-corrected chi connectivity index (χ4v) is 4.14. The molecule has 3 heterocycles. The minimum absolute atomic E-state index is 0.218. The summed E-state index contributed by atoms with van der Waals surface area (Å²) < 4.78 is 62.7. The number of oxime groups is 1. The van der Waals surface area contributed by atoms with Gasteiger partial charge >= 0.3 is 6.18 Å². The van der Waals surface area contributed by atoms with Crippen LogP contribution >= 0.6 is 0 Å². The summed E-state index contributed by atoms with van der Waals surface area (Å²) in [4.78, 5) is 13.7. The standard InChI is InChI=1S/C26H30F3N5O5/c1-5-12-37-22-21(35-3)16(2)38-25(23(22)36-4)39-32-13-17-6-8-18(9-7-17)24-31-15-34(33-24)20-11-10-19(14-30-20)26(27,28)29/h6-11,13-16,21-23,25H,5,12H2,1-4H3/b32-13+/t16-,21-,22+,23+,25-/m0/s1. The van der Waals surface area contributed by atoms with E-state index in [-0.39, 0.29) is 24.1 Å². The molecule has 1 aromatic carbocycles. The molecule has 1 saturated heterocycles. The Balaban J connectivity index is 1.39. The maximum atomic E-state index is 12.8. The van der Waals surface area contributed by atoms with Gasteiger partial charge in [0.25, 0.3) is 6.29 Å². The summed E-state index contributed by atoms with van der Waals surface area (Å²) in [7, 11) is 3.16. The van der Waals surface area contributed by atoms with Crippen LogP contribution in [0.15, 0.2) is 54.1 Å². The first-order valence-corrected chi connectivity index (χ1v) is 12.3. The number of halogens is 3. The zero-order valence-electron chi connectivity index (χ0n) is 21.9. The minimum Gasteiger partial charge on any atom is -0.376 e. The number of methoxy groups -OCH3 is 2. The Morgan fingerprint density at radius 3 is 2.38 bits per heavy atom. The van der Waals surface area contributed by atoms with Crippen LogP contribution in [0.25, 0.3) is 17.2 Å². The van der Waals surface area contributed by atoms with Gasteiger partial charge < -0.3 is 23.8 Å². The molecule has 5 atom stereocenters. The molecule has 39 heavy (non-hydrogen) atoms. The van der Waals surface area contributed by atoms with Gasteiger partial charge in [0.15, 0.2) is 17.7 Å². The third-order valence-corrected chi connectivity index (χ3v) is 6.12. The summed E-state index contributed by atoms with van der Waals surface area (Å²) in [6.07, 6.45) is -2.26. The topological polar surface area (TPSA) is 102 Å². The van der Waals surface area contributed by atoms with E-state index in [0.29, 0.717) is 18.0 Å². The van der Waals surface area contributed by atoms with Crippen molar-refractivity contribution >= 4 is 6.21 Å². The van der Waals surface area contributed by atoms with Gasteiger partial charge in [-0.05, 0) is 31.0 Å². The Labute approximate surface area is 223 Å². The first kappa shape index (κ1) is 28.6. The molecule has 1 fully saturated rings. The number of alkyl halides is 3. The number of pyridine rings is 1. The lowest BCUT2D eigenvalue weighted by atomic mass is 9.99. The van der Waals surface area contributed by atoms with Crippen molar-refractivity contribution in [2.45, 2.75) is 57.2 Å². The summed E-state index contributed by atoms with van der Waals surface area (Å²) in [6.45, 7) is 4.45. The van der Waals surface area contributed by atoms with Gasteiger partial charge in [-0.15, -0.1) is 5.10 Å². The van der Waals surface area contributed by atoms with Gasteiger partial charge in [0.05, 0.1) is 17.9 Å². The average molecular weight is 550 g/mol. The molecule has 0 radical (unpaired) electrons. The number of hydrogen-bond acceptors (Lipinski definition) is 9. The van der Waals surface area contributed by atoms with Crippen molar-refractivity contribution < 1.29 is 37.0 Å². The second-order valence-electron chi connectivity index (χ2n) is 8.82. The SMILES string of the molecule is CCCO[C@@H]1[C@@H](OC)[C@H](C)O[C@@H](O/N=C/c2ccc(-c3ncn(-c4ccc(C(F)(F)F)cn4)n3)cc2)[C@@H]1OC. The summed E-state index contributed by atoms with van der Waals surface area (Å²) in [5.41, 5.74) is 0.608. The van der Waals surface area contributed by atoms with E-state index in [9.17, 15) is 13.2 Å². The third-order valence-electron chi connectivity index (χ3n) is 6.12. The van der Waals surface area contributed by atoms with Crippen LogP contribution in [-0.2, 0) is 30.0 Å². The van der Waals surface area contributed by atoms with Crippen LogP contribution < -0.4 is 0 Å². The van der Waals surface area contributed by atoms with Gasteiger partial charge in [0.1, 0.15) is 18.5 Å². The highest BCUT2D eigenvalue weighted by molar-refractivity contribution is 5.80. The highest BCUT2D eigenvalue weighted by Crippen LogP contribution is 2.29. The van der Waals surface area contributed by atoms with E-state index in [0.717, 1.165) is 24.2 Å². The molecule has 0 unspecified atom stereocenters. The maximum Gasteiger partial charge on any atom is 0.417 e. The highest BCUT2D eigenvalue weighted by atomic mass is 19.4. The molecule has 2 aromatic heterocycles. The first-order valence-electron chi connectivity index (χ1n) is 12.3. The Morgan fingerprint density at radius 1 is 1.03 bits per heavy atom. The van der Waals surface area contributed by atoms with Crippen LogP contribution in [0.5, 0.6) is 0 Å². The zero-order valence-corrected chi connectivity index (χ0v) is 21.9. The average Bonchev–Trinajstić information content (AvgIpc) is 3.42. The van der Waals surface area contributed by atoms with Crippen molar-refractivity contribution in [3.8, 4) is 17.2 Å². The quantitative estimate of drug-likeness (QED) is 0.273.